The van der Waals surface area contributed by atoms with E-state index in [2.05, 4.69) is 10.6 Å². The highest BCUT2D eigenvalue weighted by Crippen LogP contribution is 2.38. The van der Waals surface area contributed by atoms with Crippen LogP contribution in [0.4, 0.5) is 0 Å². The molecule has 2 aromatic carbocycles. The Balaban J connectivity index is 1.75. The molecule has 1 unspecified atom stereocenters. The van der Waals surface area contributed by atoms with E-state index in [1.54, 1.807) is 14.2 Å². The van der Waals surface area contributed by atoms with Crippen molar-refractivity contribution in [1.82, 2.24) is 10.6 Å². The summed E-state index contributed by atoms with van der Waals surface area (Å²) in [4.78, 5) is 22.2. The van der Waals surface area contributed by atoms with Crippen LogP contribution in [0.25, 0.3) is 11.1 Å². The maximum atomic E-state index is 13.2. The summed E-state index contributed by atoms with van der Waals surface area (Å²) >= 11 is 0. The van der Waals surface area contributed by atoms with Gasteiger partial charge in [0.25, 0.3) is 0 Å². The third-order valence-electron chi connectivity index (χ3n) is 6.93. The second kappa shape index (κ2) is 13.0. The number of rotatable bonds is 14. The number of sulfone groups is 1. The fourth-order valence-corrected chi connectivity index (χ4v) is 6.82. The highest BCUT2D eigenvalue weighted by Gasteiger charge is 2.44. The average Bonchev–Trinajstić information content (AvgIpc) is 2.90. The summed E-state index contributed by atoms with van der Waals surface area (Å²) in [6.45, 7) is 0.347. The van der Waals surface area contributed by atoms with Gasteiger partial charge in [0.05, 0.1) is 30.3 Å². The molecule has 0 bridgehead atoms. The molecule has 1 aliphatic rings. The lowest BCUT2D eigenvalue weighted by atomic mass is 9.96. The van der Waals surface area contributed by atoms with E-state index in [4.69, 9.17) is 9.47 Å². The van der Waals surface area contributed by atoms with Crippen LogP contribution in [-0.2, 0) is 21.1 Å². The number of aliphatic carboxylic acids is 1. The molecule has 1 aliphatic heterocycles. The van der Waals surface area contributed by atoms with Gasteiger partial charge in [0.15, 0.2) is 9.84 Å². The molecule has 208 valence electrons. The first-order valence-corrected chi connectivity index (χ1v) is 14.1. The van der Waals surface area contributed by atoms with E-state index < -0.39 is 38.1 Å². The van der Waals surface area contributed by atoms with Gasteiger partial charge in [-0.2, -0.15) is 0 Å². The van der Waals surface area contributed by atoms with Crippen LogP contribution in [-0.4, -0.2) is 81.4 Å². The maximum absolute atomic E-state index is 13.2. The number of methoxy groups -OCH3 is 2. The first-order valence-electron chi connectivity index (χ1n) is 12.4. The number of hydrogen-bond donors (Lipinski definition) is 3. The van der Waals surface area contributed by atoms with Gasteiger partial charge in [0.2, 0.25) is 6.54 Å². The van der Waals surface area contributed by atoms with E-state index in [-0.39, 0.29) is 31.7 Å². The zero-order chi connectivity index (χ0) is 27.8. The number of hydrogen-bond acceptors (Lipinski definition) is 9. The minimum absolute atomic E-state index is 0.0612. The number of ether oxygens (including phenoxy) is 2. The summed E-state index contributed by atoms with van der Waals surface area (Å²) < 4.78 is 36.2. The molecular formula is C26H35N3O8S. The third kappa shape index (κ3) is 7.00. The van der Waals surface area contributed by atoms with Gasteiger partial charge in [-0.05, 0) is 49.1 Å². The highest BCUT2D eigenvalue weighted by atomic mass is 32.2. The van der Waals surface area contributed by atoms with Gasteiger partial charge in [-0.15, -0.1) is 0 Å². The number of carbonyl (C=O) groups is 1. The SMILES string of the molecule is COc1cccc(OC)c1-c1ccc(C[C@H](NCC2(S(=O)(=O)CCC[N+](=O)[O-])CCCNC2)C(=O)O)cc1. The maximum Gasteiger partial charge on any atom is 0.321 e. The molecule has 3 rings (SSSR count). The fourth-order valence-electron chi connectivity index (χ4n) is 4.80. The molecule has 0 aromatic heterocycles. The largest absolute Gasteiger partial charge is 0.496 e. The van der Waals surface area contributed by atoms with Gasteiger partial charge in [-0.25, -0.2) is 8.42 Å². The number of nitrogens with zero attached hydrogens (tertiary/aromatic N) is 1. The summed E-state index contributed by atoms with van der Waals surface area (Å²) in [6.07, 6.45) is 1.03. The van der Waals surface area contributed by atoms with Crippen molar-refractivity contribution in [2.75, 3.05) is 46.2 Å². The predicted molar refractivity (Wildman–Crippen MR) is 143 cm³/mol. The molecule has 0 amide bonds. The molecular weight excluding hydrogens is 514 g/mol. The third-order valence-corrected chi connectivity index (χ3v) is 9.56. The molecule has 0 aliphatic carbocycles. The molecule has 2 atom stereocenters. The van der Waals surface area contributed by atoms with E-state index in [1.807, 2.05) is 42.5 Å². The Morgan fingerprint density at radius 2 is 1.84 bits per heavy atom. The Morgan fingerprint density at radius 3 is 2.37 bits per heavy atom. The standard InChI is InChI=1S/C26H35N3O8S/c1-36-22-6-3-7-23(37-2)24(22)20-10-8-19(9-11-20)16-21(25(30)31)28-18-26(12-4-13-27-17-26)38(34,35)15-5-14-29(32)33/h3,6-11,21,27-28H,4-5,12-18H2,1-2H3,(H,30,31)/t21-,26?/m0/s1. The number of nitrogens with one attached hydrogen (secondary N) is 2. The monoisotopic (exact) mass is 549 g/mol. The minimum Gasteiger partial charge on any atom is -0.496 e. The zero-order valence-electron chi connectivity index (χ0n) is 21.6. The summed E-state index contributed by atoms with van der Waals surface area (Å²) in [5.41, 5.74) is 2.38. The number of carboxylic acid groups (broad SMARTS) is 1. The lowest BCUT2D eigenvalue weighted by molar-refractivity contribution is -0.479. The van der Waals surface area contributed by atoms with E-state index in [0.29, 0.717) is 30.9 Å². The minimum atomic E-state index is -3.73. The highest BCUT2D eigenvalue weighted by molar-refractivity contribution is 7.92. The van der Waals surface area contributed by atoms with Gasteiger partial charge < -0.3 is 25.2 Å². The summed E-state index contributed by atoms with van der Waals surface area (Å²) in [5.74, 6) is -0.116. The topological polar surface area (TPSA) is 157 Å². The van der Waals surface area contributed by atoms with Gasteiger partial charge in [0.1, 0.15) is 17.5 Å². The number of carboxylic acids is 1. The van der Waals surface area contributed by atoms with Gasteiger partial charge in [0, 0.05) is 24.4 Å². The molecule has 0 saturated carbocycles. The number of benzene rings is 2. The van der Waals surface area contributed by atoms with E-state index in [9.17, 15) is 28.4 Å². The molecule has 0 radical (unpaired) electrons. The van der Waals surface area contributed by atoms with Crippen LogP contribution in [0, 0.1) is 10.1 Å². The Bertz CT molecular complexity index is 1190. The molecule has 3 N–H and O–H groups in total. The summed E-state index contributed by atoms with van der Waals surface area (Å²) in [6, 6.07) is 11.8. The van der Waals surface area contributed by atoms with Gasteiger partial charge in [-0.3, -0.25) is 14.9 Å². The molecule has 0 spiro atoms. The van der Waals surface area contributed by atoms with Crippen LogP contribution in [0.5, 0.6) is 11.5 Å². The smallest absolute Gasteiger partial charge is 0.321 e. The van der Waals surface area contributed by atoms with Crippen molar-refractivity contribution < 1.29 is 32.7 Å². The predicted octanol–water partition coefficient (Wildman–Crippen LogP) is 2.16. The van der Waals surface area contributed by atoms with Crippen LogP contribution in [0.2, 0.25) is 0 Å². The Hall–Kier alpha value is -3.22. The second-order valence-corrected chi connectivity index (χ2v) is 11.9. The van der Waals surface area contributed by atoms with Crippen molar-refractivity contribution in [1.29, 1.82) is 0 Å². The van der Waals surface area contributed by atoms with Crippen molar-refractivity contribution >= 4 is 15.8 Å². The molecule has 1 heterocycles. The Morgan fingerprint density at radius 1 is 1.18 bits per heavy atom. The van der Waals surface area contributed by atoms with Crippen molar-refractivity contribution in [3.05, 3.63) is 58.1 Å². The van der Waals surface area contributed by atoms with Gasteiger partial charge in [-0.1, -0.05) is 30.3 Å². The van der Waals surface area contributed by atoms with E-state index >= 15 is 0 Å². The van der Waals surface area contributed by atoms with Crippen molar-refractivity contribution in [2.45, 2.75) is 36.5 Å². The lowest BCUT2D eigenvalue weighted by Crippen LogP contribution is -2.59. The number of piperidine rings is 1. The average molecular weight is 550 g/mol. The van der Waals surface area contributed by atoms with Crippen LogP contribution in [0.3, 0.4) is 0 Å². The molecule has 38 heavy (non-hydrogen) atoms. The summed E-state index contributed by atoms with van der Waals surface area (Å²) in [7, 11) is -0.578. The quantitative estimate of drug-likeness (QED) is 0.236. The zero-order valence-corrected chi connectivity index (χ0v) is 22.5. The molecule has 12 heteroatoms. The Kier molecular flexibility index (Phi) is 10.1. The van der Waals surface area contributed by atoms with Crippen molar-refractivity contribution in [3.8, 4) is 22.6 Å². The molecule has 1 fully saturated rings. The fraction of sp³-hybridized carbons (Fsp3) is 0.500. The number of nitro groups is 1. The van der Waals surface area contributed by atoms with Gasteiger partial charge >= 0.3 is 5.97 Å². The van der Waals surface area contributed by atoms with Crippen LogP contribution >= 0.6 is 0 Å². The molecule has 1 saturated heterocycles. The molecule has 11 nitrogen and oxygen atoms in total. The van der Waals surface area contributed by atoms with Crippen LogP contribution in [0.15, 0.2) is 42.5 Å². The van der Waals surface area contributed by atoms with Crippen molar-refractivity contribution in [2.24, 2.45) is 0 Å². The normalized spacial score (nSPS) is 18.5. The van der Waals surface area contributed by atoms with E-state index in [1.165, 1.54) is 0 Å². The second-order valence-electron chi connectivity index (χ2n) is 9.40. The summed E-state index contributed by atoms with van der Waals surface area (Å²) in [5, 5.41) is 26.6. The Labute approximate surface area is 222 Å². The van der Waals surface area contributed by atoms with E-state index in [0.717, 1.165) is 16.7 Å². The lowest BCUT2D eigenvalue weighted by Gasteiger charge is -2.38. The van der Waals surface area contributed by atoms with Crippen LogP contribution in [0.1, 0.15) is 24.8 Å². The van der Waals surface area contributed by atoms with Crippen LogP contribution < -0.4 is 20.1 Å². The first kappa shape index (κ1) is 29.3. The molecule has 2 aromatic rings. The van der Waals surface area contributed by atoms with Crippen molar-refractivity contribution in [3.63, 3.8) is 0 Å². The first-order chi connectivity index (χ1) is 18.1.